The van der Waals surface area contributed by atoms with E-state index in [0.717, 1.165) is 12.8 Å². The maximum absolute atomic E-state index is 11.8. The van der Waals surface area contributed by atoms with Gasteiger partial charge in [-0.25, -0.2) is 0 Å². The highest BCUT2D eigenvalue weighted by atomic mass is 16.4. The molecule has 15 heavy (non-hydrogen) atoms. The fourth-order valence-corrected chi connectivity index (χ4v) is 1.68. The summed E-state index contributed by atoms with van der Waals surface area (Å²) >= 11 is 0. The van der Waals surface area contributed by atoms with Gasteiger partial charge in [-0.1, -0.05) is 11.6 Å². The van der Waals surface area contributed by atoms with Gasteiger partial charge in [0.05, 0.1) is 6.54 Å². The van der Waals surface area contributed by atoms with Gasteiger partial charge in [0.15, 0.2) is 5.84 Å². The Morgan fingerprint density at radius 3 is 2.67 bits per heavy atom. The van der Waals surface area contributed by atoms with Crippen LogP contribution in [-0.2, 0) is 4.79 Å². The van der Waals surface area contributed by atoms with Crippen LogP contribution >= 0.6 is 0 Å². The fraction of sp³-hybridized carbons (Fsp3) is 0.800. The van der Waals surface area contributed by atoms with Gasteiger partial charge in [-0.05, 0) is 25.7 Å². The highest BCUT2D eigenvalue weighted by molar-refractivity contribution is 5.86. The second-order valence-electron chi connectivity index (χ2n) is 4.00. The van der Waals surface area contributed by atoms with E-state index < -0.39 is 0 Å². The summed E-state index contributed by atoms with van der Waals surface area (Å²) < 4.78 is 0. The molecule has 1 aliphatic carbocycles. The molecule has 0 atom stereocenters. The molecule has 0 aromatic carbocycles. The molecule has 5 heteroatoms. The van der Waals surface area contributed by atoms with Crippen LogP contribution in [0, 0.1) is 5.92 Å². The standard InChI is InChI=1S/C10H19N3O2/c1-2-13(7-9(11)12-15)10(14)6-8-4-3-5-8/h8,15H,2-7H2,1H3,(H2,11,12). The number of nitrogens with zero attached hydrogens (tertiary/aromatic N) is 2. The molecule has 0 aromatic heterocycles. The zero-order valence-corrected chi connectivity index (χ0v) is 9.15. The van der Waals surface area contributed by atoms with Crippen molar-refractivity contribution in [1.82, 2.24) is 4.90 Å². The molecule has 1 amide bonds. The van der Waals surface area contributed by atoms with Gasteiger partial charge in [0.2, 0.25) is 5.91 Å². The largest absolute Gasteiger partial charge is 0.409 e. The summed E-state index contributed by atoms with van der Waals surface area (Å²) in [5.74, 6) is 0.742. The SMILES string of the molecule is CCN(CC(N)=NO)C(=O)CC1CCC1. The third-order valence-corrected chi connectivity index (χ3v) is 2.90. The third kappa shape index (κ3) is 3.42. The van der Waals surface area contributed by atoms with Gasteiger partial charge in [-0.2, -0.15) is 0 Å². The normalized spacial score (nSPS) is 17.3. The third-order valence-electron chi connectivity index (χ3n) is 2.90. The van der Waals surface area contributed by atoms with Crippen molar-refractivity contribution in [3.8, 4) is 0 Å². The summed E-state index contributed by atoms with van der Waals surface area (Å²) in [6.45, 7) is 2.71. The average molecular weight is 213 g/mol. The number of carbonyl (C=O) groups excluding carboxylic acids is 1. The van der Waals surface area contributed by atoms with Gasteiger partial charge < -0.3 is 15.8 Å². The molecule has 0 bridgehead atoms. The molecule has 1 saturated carbocycles. The van der Waals surface area contributed by atoms with Crippen LogP contribution in [-0.4, -0.2) is 34.9 Å². The number of amides is 1. The summed E-state index contributed by atoms with van der Waals surface area (Å²) in [6.07, 6.45) is 4.16. The maximum Gasteiger partial charge on any atom is 0.223 e. The molecule has 0 saturated heterocycles. The second kappa shape index (κ2) is 5.58. The lowest BCUT2D eigenvalue weighted by atomic mass is 9.82. The Bertz CT molecular complexity index is 249. The zero-order chi connectivity index (χ0) is 11.3. The zero-order valence-electron chi connectivity index (χ0n) is 9.15. The smallest absolute Gasteiger partial charge is 0.223 e. The number of hydrogen-bond donors (Lipinski definition) is 2. The van der Waals surface area contributed by atoms with Gasteiger partial charge in [-0.3, -0.25) is 4.79 Å². The van der Waals surface area contributed by atoms with E-state index in [1.165, 1.54) is 6.42 Å². The van der Waals surface area contributed by atoms with Crippen molar-refractivity contribution in [1.29, 1.82) is 0 Å². The van der Waals surface area contributed by atoms with Gasteiger partial charge in [0.1, 0.15) is 0 Å². The van der Waals surface area contributed by atoms with Gasteiger partial charge >= 0.3 is 0 Å². The molecule has 0 unspecified atom stereocenters. The van der Waals surface area contributed by atoms with Crippen LogP contribution < -0.4 is 5.73 Å². The number of hydrogen-bond acceptors (Lipinski definition) is 3. The second-order valence-corrected chi connectivity index (χ2v) is 4.00. The van der Waals surface area contributed by atoms with Crippen molar-refractivity contribution in [2.75, 3.05) is 13.1 Å². The van der Waals surface area contributed by atoms with E-state index in [-0.39, 0.29) is 18.3 Å². The first kappa shape index (κ1) is 11.8. The first-order chi connectivity index (χ1) is 7.17. The molecule has 0 heterocycles. The lowest BCUT2D eigenvalue weighted by Gasteiger charge is -2.28. The summed E-state index contributed by atoms with van der Waals surface area (Å²) in [6, 6.07) is 0. The van der Waals surface area contributed by atoms with Gasteiger partial charge in [0, 0.05) is 13.0 Å². The summed E-state index contributed by atoms with van der Waals surface area (Å²) in [7, 11) is 0. The predicted molar refractivity (Wildman–Crippen MR) is 57.6 cm³/mol. The molecule has 0 radical (unpaired) electrons. The van der Waals surface area contributed by atoms with Crippen LogP contribution in [0.4, 0.5) is 0 Å². The minimum absolute atomic E-state index is 0.0822. The Balaban J connectivity index is 2.38. The highest BCUT2D eigenvalue weighted by Gasteiger charge is 2.23. The molecule has 1 rings (SSSR count). The van der Waals surface area contributed by atoms with E-state index in [2.05, 4.69) is 5.16 Å². The molecule has 0 spiro atoms. The fourth-order valence-electron chi connectivity index (χ4n) is 1.68. The molecule has 86 valence electrons. The van der Waals surface area contributed by atoms with Crippen molar-refractivity contribution in [2.45, 2.75) is 32.6 Å². The van der Waals surface area contributed by atoms with E-state index in [1.807, 2.05) is 6.92 Å². The summed E-state index contributed by atoms with van der Waals surface area (Å²) in [5, 5.41) is 11.3. The van der Waals surface area contributed by atoms with Crippen LogP contribution in [0.25, 0.3) is 0 Å². The number of oxime groups is 1. The molecule has 5 nitrogen and oxygen atoms in total. The molecular weight excluding hydrogens is 194 g/mol. The summed E-state index contributed by atoms with van der Waals surface area (Å²) in [4.78, 5) is 13.4. The average Bonchev–Trinajstić information content (AvgIpc) is 2.19. The Hall–Kier alpha value is -1.26. The molecule has 0 aliphatic heterocycles. The van der Waals surface area contributed by atoms with Crippen LogP contribution in [0.1, 0.15) is 32.6 Å². The number of nitrogens with two attached hydrogens (primary N) is 1. The highest BCUT2D eigenvalue weighted by Crippen LogP contribution is 2.29. The molecule has 0 aromatic rings. The molecule has 3 N–H and O–H groups in total. The lowest BCUT2D eigenvalue weighted by Crippen LogP contribution is -2.39. The van der Waals surface area contributed by atoms with E-state index >= 15 is 0 Å². The Morgan fingerprint density at radius 1 is 1.60 bits per heavy atom. The van der Waals surface area contributed by atoms with Crippen molar-refractivity contribution < 1.29 is 10.0 Å². The lowest BCUT2D eigenvalue weighted by molar-refractivity contribution is -0.131. The first-order valence-corrected chi connectivity index (χ1v) is 5.41. The Morgan fingerprint density at radius 2 is 2.27 bits per heavy atom. The van der Waals surface area contributed by atoms with Crippen molar-refractivity contribution >= 4 is 11.7 Å². The molecule has 1 aliphatic rings. The Labute approximate surface area is 89.9 Å². The van der Waals surface area contributed by atoms with Gasteiger partial charge in [0.25, 0.3) is 0 Å². The van der Waals surface area contributed by atoms with Crippen LogP contribution in [0.5, 0.6) is 0 Å². The number of rotatable bonds is 5. The first-order valence-electron chi connectivity index (χ1n) is 5.41. The van der Waals surface area contributed by atoms with E-state index in [1.54, 1.807) is 4.90 Å². The molecular formula is C10H19N3O2. The molecule has 1 fully saturated rings. The quantitative estimate of drug-likeness (QED) is 0.306. The maximum atomic E-state index is 11.8. The van der Waals surface area contributed by atoms with Crippen molar-refractivity contribution in [3.05, 3.63) is 0 Å². The van der Waals surface area contributed by atoms with Gasteiger partial charge in [-0.15, -0.1) is 0 Å². The van der Waals surface area contributed by atoms with E-state index in [9.17, 15) is 4.79 Å². The van der Waals surface area contributed by atoms with E-state index in [0.29, 0.717) is 18.9 Å². The minimum Gasteiger partial charge on any atom is -0.409 e. The summed E-state index contributed by atoms with van der Waals surface area (Å²) in [5.41, 5.74) is 5.37. The van der Waals surface area contributed by atoms with Crippen LogP contribution in [0.2, 0.25) is 0 Å². The topological polar surface area (TPSA) is 78.9 Å². The van der Waals surface area contributed by atoms with E-state index in [4.69, 9.17) is 10.9 Å². The monoisotopic (exact) mass is 213 g/mol. The Kier molecular flexibility index (Phi) is 4.39. The van der Waals surface area contributed by atoms with Crippen molar-refractivity contribution in [3.63, 3.8) is 0 Å². The van der Waals surface area contributed by atoms with Crippen LogP contribution in [0.15, 0.2) is 5.16 Å². The predicted octanol–water partition coefficient (Wildman–Crippen LogP) is 0.771. The number of likely N-dealkylation sites (N-methyl/N-ethyl adjacent to an activating group) is 1. The number of amidine groups is 1. The number of carbonyl (C=O) groups is 1. The van der Waals surface area contributed by atoms with Crippen molar-refractivity contribution in [2.24, 2.45) is 16.8 Å². The van der Waals surface area contributed by atoms with Crippen LogP contribution in [0.3, 0.4) is 0 Å². The minimum atomic E-state index is 0.0822.